The van der Waals surface area contributed by atoms with Crippen molar-refractivity contribution in [1.82, 2.24) is 5.32 Å². The first-order chi connectivity index (χ1) is 6.83. The second-order valence-corrected chi connectivity index (χ2v) is 3.65. The van der Waals surface area contributed by atoms with Gasteiger partial charge in [0, 0.05) is 6.04 Å². The zero-order valence-electron chi connectivity index (χ0n) is 8.42. The number of methoxy groups -OCH3 is 1. The molecular formula is C12H15NO. The van der Waals surface area contributed by atoms with Crippen LogP contribution in [0.1, 0.15) is 11.1 Å². The standard InChI is InChI=1S/C12H15NO/c1-3-13-11-6-9-4-5-12(14-2)8-10(9)7-11/h1,4-5,8,11,13H,3,6-7H2,2H3. The van der Waals surface area contributed by atoms with Crippen LogP contribution < -0.4 is 10.1 Å². The number of hydrogen-bond donors (Lipinski definition) is 1. The van der Waals surface area contributed by atoms with Gasteiger partial charge in [-0.3, -0.25) is 0 Å². The highest BCUT2D eigenvalue weighted by Gasteiger charge is 2.20. The van der Waals surface area contributed by atoms with Crippen molar-refractivity contribution in [2.45, 2.75) is 18.9 Å². The third kappa shape index (κ3) is 1.75. The summed E-state index contributed by atoms with van der Waals surface area (Å²) in [5.41, 5.74) is 2.80. The molecule has 0 saturated carbocycles. The molecule has 0 aromatic heterocycles. The lowest BCUT2D eigenvalue weighted by Gasteiger charge is -2.07. The second kappa shape index (κ2) is 4.01. The Morgan fingerprint density at radius 1 is 1.43 bits per heavy atom. The molecule has 1 aliphatic rings. The number of fused-ring (bicyclic) bond motifs is 1. The lowest BCUT2D eigenvalue weighted by atomic mass is 10.1. The Labute approximate surface area is 85.3 Å². The maximum absolute atomic E-state index is 5.46. The number of nitrogens with one attached hydrogen (secondary N) is 1. The van der Waals surface area contributed by atoms with Crippen molar-refractivity contribution in [2.75, 3.05) is 13.7 Å². The summed E-state index contributed by atoms with van der Waals surface area (Å²) < 4.78 is 5.19. The zero-order valence-corrected chi connectivity index (χ0v) is 8.42. The Hall–Kier alpha value is -1.02. The highest BCUT2D eigenvalue weighted by Crippen LogP contribution is 2.26. The van der Waals surface area contributed by atoms with Gasteiger partial charge in [-0.15, -0.1) is 0 Å². The van der Waals surface area contributed by atoms with E-state index < -0.39 is 0 Å². The van der Waals surface area contributed by atoms with Crippen LogP contribution in [-0.4, -0.2) is 19.7 Å². The van der Waals surface area contributed by atoms with Crippen LogP contribution in [-0.2, 0) is 12.8 Å². The summed E-state index contributed by atoms with van der Waals surface area (Å²) in [6, 6.07) is 6.78. The van der Waals surface area contributed by atoms with Crippen LogP contribution in [0, 0.1) is 6.92 Å². The van der Waals surface area contributed by atoms with Crippen molar-refractivity contribution in [3.63, 3.8) is 0 Å². The normalized spacial score (nSPS) is 19.4. The minimum Gasteiger partial charge on any atom is -0.497 e. The maximum Gasteiger partial charge on any atom is 0.119 e. The Morgan fingerprint density at radius 2 is 2.21 bits per heavy atom. The third-order valence-electron chi connectivity index (χ3n) is 2.75. The van der Waals surface area contributed by atoms with Gasteiger partial charge in [-0.25, -0.2) is 0 Å². The maximum atomic E-state index is 5.46. The quantitative estimate of drug-likeness (QED) is 0.777. The molecule has 0 spiro atoms. The smallest absolute Gasteiger partial charge is 0.119 e. The van der Waals surface area contributed by atoms with Gasteiger partial charge in [-0.05, 0) is 49.6 Å². The molecule has 2 radical (unpaired) electrons. The molecule has 1 aliphatic carbocycles. The molecule has 74 valence electrons. The molecule has 2 rings (SSSR count). The van der Waals surface area contributed by atoms with Crippen LogP contribution in [0.25, 0.3) is 0 Å². The highest BCUT2D eigenvalue weighted by molar-refractivity contribution is 5.39. The molecule has 2 heteroatoms. The zero-order chi connectivity index (χ0) is 9.97. The third-order valence-corrected chi connectivity index (χ3v) is 2.75. The Bertz CT molecular complexity index is 322. The second-order valence-electron chi connectivity index (χ2n) is 3.65. The lowest BCUT2D eigenvalue weighted by Crippen LogP contribution is -2.29. The highest BCUT2D eigenvalue weighted by atomic mass is 16.5. The van der Waals surface area contributed by atoms with Gasteiger partial charge in [-0.2, -0.15) is 0 Å². The van der Waals surface area contributed by atoms with E-state index >= 15 is 0 Å². The largest absolute Gasteiger partial charge is 0.497 e. The average Bonchev–Trinajstić information content (AvgIpc) is 2.59. The van der Waals surface area contributed by atoms with Gasteiger partial charge in [0.2, 0.25) is 0 Å². The van der Waals surface area contributed by atoms with Gasteiger partial charge in [0.1, 0.15) is 5.75 Å². The predicted octanol–water partition coefficient (Wildman–Crippen LogP) is 1.46. The van der Waals surface area contributed by atoms with Crippen molar-refractivity contribution in [2.24, 2.45) is 0 Å². The fraction of sp³-hybridized carbons (Fsp3) is 0.417. The van der Waals surface area contributed by atoms with Crippen LogP contribution >= 0.6 is 0 Å². The van der Waals surface area contributed by atoms with Gasteiger partial charge >= 0.3 is 0 Å². The Balaban J connectivity index is 2.14. The van der Waals surface area contributed by atoms with Crippen LogP contribution in [0.4, 0.5) is 0 Å². The van der Waals surface area contributed by atoms with Gasteiger partial charge in [0.05, 0.1) is 7.11 Å². The number of ether oxygens (including phenoxy) is 1. The molecule has 0 heterocycles. The summed E-state index contributed by atoms with van der Waals surface area (Å²) in [5, 5.41) is 3.27. The van der Waals surface area contributed by atoms with E-state index in [4.69, 9.17) is 11.7 Å². The number of hydrogen-bond acceptors (Lipinski definition) is 2. The number of rotatable bonds is 3. The molecule has 1 aromatic carbocycles. The van der Waals surface area contributed by atoms with Gasteiger partial charge in [0.15, 0.2) is 0 Å². The lowest BCUT2D eigenvalue weighted by molar-refractivity contribution is 0.414. The van der Waals surface area contributed by atoms with Gasteiger partial charge < -0.3 is 10.1 Å². The summed E-state index contributed by atoms with van der Waals surface area (Å²) in [5.74, 6) is 0.942. The molecule has 1 aromatic rings. The molecule has 14 heavy (non-hydrogen) atoms. The van der Waals surface area contributed by atoms with E-state index in [9.17, 15) is 0 Å². The van der Waals surface area contributed by atoms with Crippen LogP contribution in [0.3, 0.4) is 0 Å². The molecule has 1 unspecified atom stereocenters. The average molecular weight is 189 g/mol. The van der Waals surface area contributed by atoms with Crippen molar-refractivity contribution < 1.29 is 4.74 Å². The molecule has 0 amide bonds. The summed E-state index contributed by atoms with van der Waals surface area (Å²) in [4.78, 5) is 0. The minimum atomic E-state index is 0.502. The monoisotopic (exact) mass is 189 g/mol. The van der Waals surface area contributed by atoms with Crippen LogP contribution in [0.15, 0.2) is 18.2 Å². The molecule has 0 saturated heterocycles. The molecule has 1 atom stereocenters. The fourth-order valence-corrected chi connectivity index (χ4v) is 2.03. The molecule has 0 fully saturated rings. The van der Waals surface area contributed by atoms with Gasteiger partial charge in [0.25, 0.3) is 0 Å². The molecule has 0 bridgehead atoms. The summed E-state index contributed by atoms with van der Waals surface area (Å²) in [6.07, 6.45) is 2.14. The van der Waals surface area contributed by atoms with E-state index in [2.05, 4.69) is 17.4 Å². The van der Waals surface area contributed by atoms with E-state index in [0.717, 1.165) is 18.6 Å². The summed E-state index contributed by atoms with van der Waals surface area (Å²) in [7, 11) is 1.70. The van der Waals surface area contributed by atoms with Crippen LogP contribution in [0.2, 0.25) is 0 Å². The Kier molecular flexibility index (Phi) is 2.73. The predicted molar refractivity (Wildman–Crippen MR) is 56.5 cm³/mol. The Morgan fingerprint density at radius 3 is 2.93 bits per heavy atom. The first-order valence-electron chi connectivity index (χ1n) is 4.92. The van der Waals surface area contributed by atoms with Crippen molar-refractivity contribution in [3.8, 4) is 5.75 Å². The minimum absolute atomic E-state index is 0.502. The van der Waals surface area contributed by atoms with E-state index in [1.807, 2.05) is 6.07 Å². The van der Waals surface area contributed by atoms with Crippen LogP contribution in [0.5, 0.6) is 5.75 Å². The fourth-order valence-electron chi connectivity index (χ4n) is 2.03. The van der Waals surface area contributed by atoms with E-state index in [1.54, 1.807) is 7.11 Å². The van der Waals surface area contributed by atoms with E-state index in [0.29, 0.717) is 12.6 Å². The SMILES string of the molecule is [CH]CNC1Cc2ccc(OC)cc2C1. The molecule has 2 nitrogen and oxygen atoms in total. The molecule has 1 N–H and O–H groups in total. The molecule has 0 aliphatic heterocycles. The molecular weight excluding hydrogens is 174 g/mol. The van der Waals surface area contributed by atoms with E-state index in [-0.39, 0.29) is 0 Å². The van der Waals surface area contributed by atoms with Crippen molar-refractivity contribution in [3.05, 3.63) is 36.2 Å². The van der Waals surface area contributed by atoms with Crippen molar-refractivity contribution >= 4 is 0 Å². The van der Waals surface area contributed by atoms with Gasteiger partial charge in [-0.1, -0.05) is 6.07 Å². The number of benzene rings is 1. The summed E-state index contributed by atoms with van der Waals surface area (Å²) in [6.45, 7) is 6.01. The van der Waals surface area contributed by atoms with Crippen molar-refractivity contribution in [1.29, 1.82) is 0 Å². The first-order valence-corrected chi connectivity index (χ1v) is 4.92. The summed E-state index contributed by atoms with van der Waals surface area (Å²) >= 11 is 0. The van der Waals surface area contributed by atoms with E-state index in [1.165, 1.54) is 11.1 Å². The topological polar surface area (TPSA) is 21.3 Å². The first kappa shape index (κ1) is 9.53.